The molecule has 0 N–H and O–H groups in total. The van der Waals surface area contributed by atoms with Crippen molar-refractivity contribution in [3.05, 3.63) is 141 Å². The van der Waals surface area contributed by atoms with Crippen LogP contribution < -0.4 is 24.4 Å². The molecule has 250 valence electrons. The number of halogens is 1. The monoisotopic (exact) mass is 740 g/mol. The molecule has 0 radical (unpaired) electrons. The van der Waals surface area contributed by atoms with Gasteiger partial charge >= 0.3 is 0 Å². The van der Waals surface area contributed by atoms with Gasteiger partial charge in [0.25, 0.3) is 17.2 Å². The van der Waals surface area contributed by atoms with Crippen LogP contribution in [0, 0.1) is 10.1 Å². The molecule has 12 heteroatoms. The first-order valence-electron chi connectivity index (χ1n) is 15.7. The SMILES string of the molecule is CCN(CC)C(=O)C1=C(C)N=c2s/c(=C/c3cc(Br)ccc3OCc3ccc([N+](=O)[O-])cc3)c(=O)n2[C@H]1c1c(OC)ccc2ccccc12. The average Bonchev–Trinajstić information content (AvgIpc) is 3.40. The Morgan fingerprint density at radius 3 is 2.47 bits per heavy atom. The standard InChI is InChI=1S/C37H33BrN4O6S/c1-5-40(6-2)36(44)32-22(3)39-37-41(34(32)33-28-10-8-7-9-24(28)13-17-30(33)47-4)35(43)31(49-37)20-25-19-26(38)14-18-29(25)48-21-23-11-15-27(16-12-23)42(45)46/h7-20,34H,5-6,21H2,1-4H3/b31-20+/t34-/m1/s1. The van der Waals surface area contributed by atoms with E-state index in [1.54, 1.807) is 40.9 Å². The molecule has 0 aliphatic carbocycles. The highest BCUT2D eigenvalue weighted by atomic mass is 79.9. The van der Waals surface area contributed by atoms with E-state index in [4.69, 9.17) is 14.5 Å². The smallest absolute Gasteiger partial charge is 0.271 e. The van der Waals surface area contributed by atoms with Crippen LogP contribution in [0.5, 0.6) is 11.5 Å². The van der Waals surface area contributed by atoms with Crippen LogP contribution in [0.25, 0.3) is 16.8 Å². The van der Waals surface area contributed by atoms with Gasteiger partial charge in [0.15, 0.2) is 4.80 Å². The predicted octanol–water partition coefficient (Wildman–Crippen LogP) is 6.52. The van der Waals surface area contributed by atoms with Gasteiger partial charge in [-0.15, -0.1) is 0 Å². The lowest BCUT2D eigenvalue weighted by Crippen LogP contribution is -2.43. The maximum atomic E-state index is 14.6. The minimum Gasteiger partial charge on any atom is -0.496 e. The highest BCUT2D eigenvalue weighted by Crippen LogP contribution is 2.40. The van der Waals surface area contributed by atoms with Crippen LogP contribution in [0.15, 0.2) is 104 Å². The summed E-state index contributed by atoms with van der Waals surface area (Å²) >= 11 is 4.78. The number of amides is 1. The zero-order valence-electron chi connectivity index (χ0n) is 27.3. The largest absolute Gasteiger partial charge is 0.496 e. The number of nitro benzene ring substituents is 1. The highest BCUT2D eigenvalue weighted by molar-refractivity contribution is 9.10. The van der Waals surface area contributed by atoms with Crippen molar-refractivity contribution >= 4 is 55.7 Å². The zero-order valence-corrected chi connectivity index (χ0v) is 29.7. The van der Waals surface area contributed by atoms with Gasteiger partial charge < -0.3 is 14.4 Å². The lowest BCUT2D eigenvalue weighted by atomic mass is 9.90. The number of methoxy groups -OCH3 is 1. The molecule has 0 bridgehead atoms. The fourth-order valence-electron chi connectivity index (χ4n) is 6.06. The van der Waals surface area contributed by atoms with Gasteiger partial charge in [0, 0.05) is 40.8 Å². The summed E-state index contributed by atoms with van der Waals surface area (Å²) in [7, 11) is 1.59. The third-order valence-corrected chi connectivity index (χ3v) is 10.0. The summed E-state index contributed by atoms with van der Waals surface area (Å²) < 4.78 is 14.9. The van der Waals surface area contributed by atoms with E-state index in [1.807, 2.05) is 69.3 Å². The molecule has 1 aliphatic heterocycles. The van der Waals surface area contributed by atoms with Crippen molar-refractivity contribution in [3.8, 4) is 11.5 Å². The predicted molar refractivity (Wildman–Crippen MR) is 194 cm³/mol. The third kappa shape index (κ3) is 6.53. The number of likely N-dealkylation sites (N-methyl/N-ethyl adjacent to an activating group) is 1. The van der Waals surface area contributed by atoms with E-state index in [0.717, 1.165) is 20.8 Å². The molecule has 1 atom stereocenters. The Labute approximate surface area is 294 Å². The summed E-state index contributed by atoms with van der Waals surface area (Å²) in [5.74, 6) is 0.898. The second-order valence-electron chi connectivity index (χ2n) is 11.4. The summed E-state index contributed by atoms with van der Waals surface area (Å²) in [6.45, 7) is 6.84. The molecule has 6 rings (SSSR count). The van der Waals surface area contributed by atoms with Crippen LogP contribution in [0.2, 0.25) is 0 Å². The quantitative estimate of drug-likeness (QED) is 0.119. The molecule has 4 aromatic carbocycles. The molecular weight excluding hydrogens is 708 g/mol. The number of benzene rings is 4. The number of aromatic nitrogens is 1. The number of carbonyl (C=O) groups excluding carboxylic acids is 1. The lowest BCUT2D eigenvalue weighted by molar-refractivity contribution is -0.384. The number of hydrogen-bond donors (Lipinski definition) is 0. The van der Waals surface area contributed by atoms with Crippen molar-refractivity contribution < 1.29 is 19.2 Å². The first-order valence-corrected chi connectivity index (χ1v) is 17.3. The average molecular weight is 742 g/mol. The minimum atomic E-state index is -0.798. The second-order valence-corrected chi connectivity index (χ2v) is 13.3. The Morgan fingerprint density at radius 2 is 1.78 bits per heavy atom. The number of fused-ring (bicyclic) bond motifs is 2. The van der Waals surface area contributed by atoms with Gasteiger partial charge in [-0.25, -0.2) is 4.99 Å². The van der Waals surface area contributed by atoms with Gasteiger partial charge in [0.05, 0.1) is 27.8 Å². The molecular formula is C37H33BrN4O6S. The number of rotatable bonds is 10. The van der Waals surface area contributed by atoms with E-state index in [-0.39, 0.29) is 23.8 Å². The second kappa shape index (κ2) is 14.2. The van der Waals surface area contributed by atoms with Crippen molar-refractivity contribution in [2.45, 2.75) is 33.4 Å². The molecule has 0 saturated heterocycles. The first kappa shape index (κ1) is 33.8. The van der Waals surface area contributed by atoms with Crippen molar-refractivity contribution in [1.82, 2.24) is 9.47 Å². The number of non-ortho nitro benzene ring substituents is 1. The van der Waals surface area contributed by atoms with Crippen molar-refractivity contribution in [1.29, 1.82) is 0 Å². The fraction of sp³-hybridized carbons (Fsp3) is 0.216. The number of carbonyl (C=O) groups is 1. The van der Waals surface area contributed by atoms with Crippen LogP contribution in [0.1, 0.15) is 43.5 Å². The molecule has 0 saturated carbocycles. The number of allylic oxidation sites excluding steroid dienone is 1. The Balaban J connectivity index is 1.52. The van der Waals surface area contributed by atoms with Crippen molar-refractivity contribution in [2.75, 3.05) is 20.2 Å². The Kier molecular flexibility index (Phi) is 9.79. The van der Waals surface area contributed by atoms with Gasteiger partial charge in [-0.1, -0.05) is 57.6 Å². The minimum absolute atomic E-state index is 0.0000654. The van der Waals surface area contributed by atoms with E-state index in [2.05, 4.69) is 15.9 Å². The molecule has 10 nitrogen and oxygen atoms in total. The van der Waals surface area contributed by atoms with Gasteiger partial charge in [-0.2, -0.15) is 0 Å². The Bertz CT molecular complexity index is 2310. The molecule has 49 heavy (non-hydrogen) atoms. The molecule has 2 heterocycles. The molecule has 1 amide bonds. The summed E-state index contributed by atoms with van der Waals surface area (Å²) in [5.41, 5.74) is 2.78. The van der Waals surface area contributed by atoms with Crippen molar-refractivity contribution in [3.63, 3.8) is 0 Å². The van der Waals surface area contributed by atoms with Crippen molar-refractivity contribution in [2.24, 2.45) is 4.99 Å². The number of ether oxygens (including phenoxy) is 2. The lowest BCUT2D eigenvalue weighted by Gasteiger charge is -2.30. The van der Waals surface area contributed by atoms with Crippen LogP contribution >= 0.6 is 27.3 Å². The van der Waals surface area contributed by atoms with E-state index in [0.29, 0.717) is 56.3 Å². The first-order chi connectivity index (χ1) is 23.6. The Hall–Kier alpha value is -5.07. The summed E-state index contributed by atoms with van der Waals surface area (Å²) in [5, 5.41) is 12.9. The molecule has 0 spiro atoms. The summed E-state index contributed by atoms with van der Waals surface area (Å²) in [6, 6.07) is 22.6. The van der Waals surface area contributed by atoms with Gasteiger partial charge in [-0.3, -0.25) is 24.3 Å². The highest BCUT2D eigenvalue weighted by Gasteiger charge is 2.36. The molecule has 5 aromatic rings. The maximum Gasteiger partial charge on any atom is 0.271 e. The normalized spacial score (nSPS) is 14.4. The fourth-order valence-corrected chi connectivity index (χ4v) is 7.48. The summed E-state index contributed by atoms with van der Waals surface area (Å²) in [4.78, 5) is 46.5. The molecule has 0 fully saturated rings. The van der Waals surface area contributed by atoms with Crippen LogP contribution in [-0.4, -0.2) is 40.5 Å². The van der Waals surface area contributed by atoms with Gasteiger partial charge in [-0.05, 0) is 79.6 Å². The van der Waals surface area contributed by atoms with Gasteiger partial charge in [0.2, 0.25) is 0 Å². The van der Waals surface area contributed by atoms with E-state index in [1.165, 1.54) is 23.5 Å². The molecule has 1 aliphatic rings. The van der Waals surface area contributed by atoms with E-state index < -0.39 is 11.0 Å². The topological polar surface area (TPSA) is 116 Å². The van der Waals surface area contributed by atoms with E-state index >= 15 is 0 Å². The van der Waals surface area contributed by atoms with Gasteiger partial charge in [0.1, 0.15) is 24.1 Å². The Morgan fingerprint density at radius 1 is 1.06 bits per heavy atom. The number of nitro groups is 1. The molecule has 0 unspecified atom stereocenters. The number of hydrogen-bond acceptors (Lipinski definition) is 8. The van der Waals surface area contributed by atoms with Crippen LogP contribution in [-0.2, 0) is 11.4 Å². The zero-order chi connectivity index (χ0) is 34.8. The maximum absolute atomic E-state index is 14.6. The third-order valence-electron chi connectivity index (χ3n) is 8.53. The summed E-state index contributed by atoms with van der Waals surface area (Å²) in [6.07, 6.45) is 1.77. The molecule has 1 aromatic heterocycles. The number of thiazole rings is 1. The van der Waals surface area contributed by atoms with Crippen LogP contribution in [0.3, 0.4) is 0 Å². The number of nitrogens with zero attached hydrogens (tertiary/aromatic N) is 4. The van der Waals surface area contributed by atoms with Crippen LogP contribution in [0.4, 0.5) is 5.69 Å². The van der Waals surface area contributed by atoms with E-state index in [9.17, 15) is 19.7 Å².